The molecular weight excluding hydrogens is 256 g/mol. The third-order valence-corrected chi connectivity index (χ3v) is 5.76. The number of anilines is 2. The van der Waals surface area contributed by atoms with Gasteiger partial charge in [-0.3, -0.25) is 0 Å². The lowest BCUT2D eigenvalue weighted by molar-refractivity contribution is 0.414. The summed E-state index contributed by atoms with van der Waals surface area (Å²) in [7, 11) is 0. The molecule has 2 aliphatic rings. The van der Waals surface area contributed by atoms with Gasteiger partial charge in [-0.2, -0.15) is 0 Å². The van der Waals surface area contributed by atoms with E-state index in [1.807, 2.05) is 0 Å². The number of rotatable bonds is 2. The second-order valence-corrected chi connectivity index (χ2v) is 7.01. The molecule has 1 fully saturated rings. The molecule has 21 heavy (non-hydrogen) atoms. The molecule has 0 spiro atoms. The van der Waals surface area contributed by atoms with Crippen LogP contribution in [-0.4, -0.2) is 6.17 Å². The van der Waals surface area contributed by atoms with Gasteiger partial charge in [-0.25, -0.2) is 0 Å². The molecule has 3 atom stereocenters. The van der Waals surface area contributed by atoms with Gasteiger partial charge in [0.25, 0.3) is 0 Å². The Balaban J connectivity index is 1.71. The summed E-state index contributed by atoms with van der Waals surface area (Å²) in [6, 6.07) is 17.3. The van der Waals surface area contributed by atoms with Crippen LogP contribution in [0, 0.1) is 12.3 Å². The summed E-state index contributed by atoms with van der Waals surface area (Å²) in [5.41, 5.74) is 5.82. The van der Waals surface area contributed by atoms with E-state index in [-0.39, 0.29) is 17.0 Å². The van der Waals surface area contributed by atoms with Gasteiger partial charge >= 0.3 is 0 Å². The van der Waals surface area contributed by atoms with Gasteiger partial charge < -0.3 is 10.6 Å². The predicted molar refractivity (Wildman–Crippen MR) is 88.7 cm³/mol. The zero-order chi connectivity index (χ0) is 14.7. The Hall–Kier alpha value is -1.96. The van der Waals surface area contributed by atoms with Gasteiger partial charge in [-0.1, -0.05) is 50.2 Å². The maximum atomic E-state index is 3.74. The fourth-order valence-electron chi connectivity index (χ4n) is 4.00. The van der Waals surface area contributed by atoms with Crippen LogP contribution in [0.3, 0.4) is 0 Å². The number of fused-ring (bicyclic) bond motifs is 3. The van der Waals surface area contributed by atoms with E-state index in [0.29, 0.717) is 0 Å². The van der Waals surface area contributed by atoms with Crippen LogP contribution in [-0.2, 0) is 5.41 Å². The van der Waals surface area contributed by atoms with Gasteiger partial charge in [0, 0.05) is 22.2 Å². The Morgan fingerprint density at radius 1 is 1.05 bits per heavy atom. The summed E-state index contributed by atoms with van der Waals surface area (Å²) in [5, 5.41) is 7.45. The third-order valence-electron chi connectivity index (χ3n) is 5.76. The van der Waals surface area contributed by atoms with Gasteiger partial charge in [0.2, 0.25) is 0 Å². The van der Waals surface area contributed by atoms with Crippen LogP contribution in [0.15, 0.2) is 48.5 Å². The Kier molecular flexibility index (Phi) is 2.45. The number of hydrogen-bond donors (Lipinski definition) is 2. The minimum absolute atomic E-state index is 0.267. The number of nitrogens with one attached hydrogen (secondary N) is 2. The Morgan fingerprint density at radius 3 is 2.57 bits per heavy atom. The second kappa shape index (κ2) is 4.03. The molecule has 108 valence electrons. The van der Waals surface area contributed by atoms with Crippen LogP contribution < -0.4 is 10.6 Å². The number of benzene rings is 2. The molecule has 2 N–H and O–H groups in total. The van der Waals surface area contributed by atoms with Crippen molar-refractivity contribution in [2.45, 2.75) is 38.8 Å². The van der Waals surface area contributed by atoms with Gasteiger partial charge in [0.15, 0.2) is 0 Å². The fourth-order valence-corrected chi connectivity index (χ4v) is 4.00. The zero-order valence-corrected chi connectivity index (χ0v) is 12.9. The number of para-hydroxylation sites is 2. The summed E-state index contributed by atoms with van der Waals surface area (Å²) in [6.45, 7) is 6.96. The average Bonchev–Trinajstić information content (AvgIpc) is 3.07. The first-order chi connectivity index (χ1) is 10.0. The summed E-state index contributed by atoms with van der Waals surface area (Å²) < 4.78 is 0. The zero-order valence-electron chi connectivity index (χ0n) is 12.9. The van der Waals surface area contributed by atoms with Crippen molar-refractivity contribution in [2.24, 2.45) is 5.41 Å². The first kappa shape index (κ1) is 12.8. The van der Waals surface area contributed by atoms with Gasteiger partial charge in [-0.15, -0.1) is 0 Å². The Labute approximate surface area is 126 Å². The quantitative estimate of drug-likeness (QED) is 0.843. The largest absolute Gasteiger partial charge is 0.365 e. The molecule has 1 aliphatic carbocycles. The van der Waals surface area contributed by atoms with Gasteiger partial charge in [-0.05, 0) is 36.6 Å². The van der Waals surface area contributed by atoms with E-state index in [0.717, 1.165) is 0 Å². The van der Waals surface area contributed by atoms with E-state index >= 15 is 0 Å². The molecule has 2 nitrogen and oxygen atoms in total. The topological polar surface area (TPSA) is 24.1 Å². The van der Waals surface area contributed by atoms with E-state index in [1.165, 1.54) is 28.9 Å². The van der Waals surface area contributed by atoms with Crippen molar-refractivity contribution >= 4 is 11.4 Å². The first-order valence-electron chi connectivity index (χ1n) is 7.73. The van der Waals surface area contributed by atoms with Crippen molar-refractivity contribution < 1.29 is 0 Å². The van der Waals surface area contributed by atoms with Crippen LogP contribution in [0.4, 0.5) is 11.4 Å². The SMILES string of the molecule is Cc1ccccc1NC1Nc2ccccc2C2(C)CC12C. The Morgan fingerprint density at radius 2 is 1.76 bits per heavy atom. The minimum Gasteiger partial charge on any atom is -0.365 e. The maximum absolute atomic E-state index is 3.74. The van der Waals surface area contributed by atoms with Crippen LogP contribution in [0.25, 0.3) is 0 Å². The third kappa shape index (κ3) is 1.65. The van der Waals surface area contributed by atoms with E-state index in [1.54, 1.807) is 0 Å². The molecule has 1 aliphatic heterocycles. The predicted octanol–water partition coefficient (Wildman–Crippen LogP) is 4.53. The summed E-state index contributed by atoms with van der Waals surface area (Å²) in [4.78, 5) is 0. The highest BCUT2D eigenvalue weighted by Gasteiger charge is 2.68. The van der Waals surface area contributed by atoms with Gasteiger partial charge in [0.1, 0.15) is 6.17 Å². The first-order valence-corrected chi connectivity index (χ1v) is 7.73. The molecule has 1 heterocycles. The summed E-state index contributed by atoms with van der Waals surface area (Å²) >= 11 is 0. The molecule has 3 unspecified atom stereocenters. The number of hydrogen-bond acceptors (Lipinski definition) is 2. The van der Waals surface area contributed by atoms with E-state index in [4.69, 9.17) is 0 Å². The molecule has 2 aromatic rings. The lowest BCUT2D eigenvalue weighted by atomic mass is 9.82. The molecule has 0 amide bonds. The molecule has 2 heteroatoms. The smallest absolute Gasteiger partial charge is 0.103 e. The van der Waals surface area contributed by atoms with Crippen LogP contribution in [0.1, 0.15) is 31.4 Å². The van der Waals surface area contributed by atoms with Crippen molar-refractivity contribution in [1.29, 1.82) is 0 Å². The number of aryl methyl sites for hydroxylation is 1. The molecule has 0 bridgehead atoms. The monoisotopic (exact) mass is 278 g/mol. The molecule has 2 aromatic carbocycles. The van der Waals surface area contributed by atoms with Crippen LogP contribution >= 0.6 is 0 Å². The molecule has 0 radical (unpaired) electrons. The lowest BCUT2D eigenvalue weighted by Crippen LogP contribution is -2.43. The van der Waals surface area contributed by atoms with Gasteiger partial charge in [0.05, 0.1) is 0 Å². The standard InChI is InChI=1S/C19H22N2/c1-13-8-4-6-10-15(13)20-17-19(3)12-18(19,2)14-9-5-7-11-16(14)21-17/h4-11,17,20-21H,12H2,1-3H3. The van der Waals surface area contributed by atoms with Crippen LogP contribution in [0.5, 0.6) is 0 Å². The van der Waals surface area contributed by atoms with E-state index in [9.17, 15) is 0 Å². The highest BCUT2D eigenvalue weighted by atomic mass is 15.2. The lowest BCUT2D eigenvalue weighted by Gasteiger charge is -2.38. The molecular formula is C19H22N2. The molecule has 1 saturated carbocycles. The van der Waals surface area contributed by atoms with E-state index in [2.05, 4.69) is 79.9 Å². The maximum Gasteiger partial charge on any atom is 0.103 e. The average molecular weight is 278 g/mol. The highest BCUT2D eigenvalue weighted by molar-refractivity contribution is 5.66. The van der Waals surface area contributed by atoms with Crippen molar-refractivity contribution in [3.8, 4) is 0 Å². The molecule has 0 saturated heterocycles. The fraction of sp³-hybridized carbons (Fsp3) is 0.368. The second-order valence-electron chi connectivity index (χ2n) is 7.01. The Bertz CT molecular complexity index is 708. The molecule has 0 aromatic heterocycles. The van der Waals surface area contributed by atoms with Crippen LogP contribution in [0.2, 0.25) is 0 Å². The van der Waals surface area contributed by atoms with Crippen molar-refractivity contribution in [2.75, 3.05) is 10.6 Å². The van der Waals surface area contributed by atoms with Crippen molar-refractivity contribution in [1.82, 2.24) is 0 Å². The highest BCUT2D eigenvalue weighted by Crippen LogP contribution is 2.69. The van der Waals surface area contributed by atoms with Crippen molar-refractivity contribution in [3.05, 3.63) is 59.7 Å². The minimum atomic E-state index is 0.267. The normalized spacial score (nSPS) is 32.6. The van der Waals surface area contributed by atoms with E-state index < -0.39 is 0 Å². The molecule has 4 rings (SSSR count). The van der Waals surface area contributed by atoms with Crippen molar-refractivity contribution in [3.63, 3.8) is 0 Å². The summed E-state index contributed by atoms with van der Waals surface area (Å²) in [5.74, 6) is 0. The summed E-state index contributed by atoms with van der Waals surface area (Å²) in [6.07, 6.45) is 1.51.